The average molecular weight is 644 g/mol. The van der Waals surface area contributed by atoms with E-state index in [1.807, 2.05) is 0 Å². The predicted octanol–water partition coefficient (Wildman–Crippen LogP) is -0.243. The van der Waals surface area contributed by atoms with E-state index >= 15 is 0 Å². The zero-order valence-corrected chi connectivity index (χ0v) is 23.4. The molecule has 0 spiro atoms. The van der Waals surface area contributed by atoms with Crippen molar-refractivity contribution in [3.8, 4) is 0 Å². The van der Waals surface area contributed by atoms with Crippen molar-refractivity contribution in [1.82, 2.24) is 18.8 Å². The third-order valence-electron chi connectivity index (χ3n) is 5.69. The van der Waals surface area contributed by atoms with Crippen LogP contribution in [0.1, 0.15) is 11.4 Å². The summed E-state index contributed by atoms with van der Waals surface area (Å²) in [4.78, 5) is 80.5. The van der Waals surface area contributed by atoms with Crippen LogP contribution in [0.2, 0.25) is 0 Å². The number of rotatable bonds is 8. The van der Waals surface area contributed by atoms with Gasteiger partial charge >= 0.3 is 30.4 Å². The maximum Gasteiger partial charge on any atom is 0.369 e. The second-order valence-corrected chi connectivity index (χ2v) is 16.5. The molecule has 0 unspecified atom stereocenters. The Morgan fingerprint density at radius 1 is 0.575 bits per heavy atom. The number of imidazole rings is 2. The Bertz CT molecular complexity index is 1540. The molecule has 40 heavy (non-hydrogen) atoms. The molecule has 4 heterocycles. The van der Waals surface area contributed by atoms with E-state index < -0.39 is 53.4 Å². The highest BCUT2D eigenvalue weighted by Gasteiger charge is 2.60. The van der Waals surface area contributed by atoms with E-state index in [0.29, 0.717) is 11.3 Å². The monoisotopic (exact) mass is 644 g/mol. The molecule has 0 aliphatic heterocycles. The molecule has 0 saturated heterocycles. The van der Waals surface area contributed by atoms with Gasteiger partial charge in [0, 0.05) is 49.0 Å². The lowest BCUT2D eigenvalue weighted by molar-refractivity contribution is 0.129. The van der Waals surface area contributed by atoms with Crippen molar-refractivity contribution in [2.45, 2.75) is 23.0 Å². The van der Waals surface area contributed by atoms with Gasteiger partial charge in [-0.2, -0.15) is 0 Å². The van der Waals surface area contributed by atoms with Gasteiger partial charge in [0.25, 0.3) is 10.2 Å². The van der Waals surface area contributed by atoms with Crippen molar-refractivity contribution in [3.63, 3.8) is 0 Å². The molecule has 220 valence electrons. The predicted molar refractivity (Wildman–Crippen MR) is 136 cm³/mol. The fraction of sp³-hybridized carbons (Fsp3) is 0.222. The van der Waals surface area contributed by atoms with E-state index in [1.165, 1.54) is 33.6 Å². The molecule has 0 aliphatic rings. The Morgan fingerprint density at radius 3 is 1.15 bits per heavy atom. The van der Waals surface area contributed by atoms with Crippen LogP contribution in [0.3, 0.4) is 0 Å². The number of nitrogens with zero attached hydrogens (tertiary/aromatic N) is 4. The Balaban J connectivity index is 0.000000220. The van der Waals surface area contributed by atoms with Gasteiger partial charge in [0.1, 0.15) is 11.3 Å². The van der Waals surface area contributed by atoms with E-state index in [1.54, 1.807) is 36.4 Å². The van der Waals surface area contributed by atoms with Gasteiger partial charge in [-0.25, -0.2) is 9.97 Å². The summed E-state index contributed by atoms with van der Waals surface area (Å²) in [5, 5.41) is 12.7. The summed E-state index contributed by atoms with van der Waals surface area (Å²) < 4.78 is 47.9. The SMILES string of the molecule is O=P(O)(O)C(O)(Cc1cnc2ccccn12)P(=O)(O)O.O=P(O)(O)C(O)(Cc1cnc2ccccn12)P(=O)(O)O. The largest absolute Gasteiger partial charge is 0.369 e. The van der Waals surface area contributed by atoms with Crippen molar-refractivity contribution < 1.29 is 67.6 Å². The van der Waals surface area contributed by atoms with Crippen LogP contribution in [-0.2, 0) is 31.1 Å². The number of hydrogen-bond acceptors (Lipinski definition) is 8. The maximum absolute atomic E-state index is 11.3. The number of aromatic nitrogens is 4. The molecule has 4 aromatic rings. The molecule has 18 nitrogen and oxygen atoms in total. The zero-order chi connectivity index (χ0) is 30.4. The maximum atomic E-state index is 11.3. The van der Waals surface area contributed by atoms with Crippen LogP contribution in [0.4, 0.5) is 0 Å². The van der Waals surface area contributed by atoms with Gasteiger partial charge in [-0.05, 0) is 24.3 Å². The smallest absolute Gasteiger partial charge is 0.367 e. The van der Waals surface area contributed by atoms with E-state index in [9.17, 15) is 28.5 Å². The molecule has 0 fully saturated rings. The van der Waals surface area contributed by atoms with Crippen molar-refractivity contribution >= 4 is 41.7 Å². The molecule has 0 bridgehead atoms. The topological polar surface area (TPSA) is 305 Å². The van der Waals surface area contributed by atoms with Crippen LogP contribution >= 0.6 is 30.4 Å². The van der Waals surface area contributed by atoms with E-state index in [4.69, 9.17) is 39.1 Å². The molecule has 4 aromatic heterocycles. The summed E-state index contributed by atoms with van der Waals surface area (Å²) in [6, 6.07) is 9.74. The molecule has 0 amide bonds. The lowest BCUT2D eigenvalue weighted by Crippen LogP contribution is -2.31. The zero-order valence-electron chi connectivity index (χ0n) is 19.9. The van der Waals surface area contributed by atoms with E-state index in [-0.39, 0.29) is 11.4 Å². The van der Waals surface area contributed by atoms with Crippen LogP contribution in [0.25, 0.3) is 11.3 Å². The lowest BCUT2D eigenvalue weighted by Gasteiger charge is -2.28. The molecular formula is C18H24N4O14P4. The first kappa shape index (κ1) is 32.4. The third-order valence-corrected chi connectivity index (χ3v) is 13.2. The van der Waals surface area contributed by atoms with Gasteiger partial charge in [0.15, 0.2) is 0 Å². The molecule has 0 aliphatic carbocycles. The van der Waals surface area contributed by atoms with E-state index in [2.05, 4.69) is 9.97 Å². The van der Waals surface area contributed by atoms with Crippen molar-refractivity contribution in [2.75, 3.05) is 0 Å². The molecular weight excluding hydrogens is 620 g/mol. The number of hydrogen-bond donors (Lipinski definition) is 10. The summed E-state index contributed by atoms with van der Waals surface area (Å²) >= 11 is 0. The molecule has 0 saturated carbocycles. The molecule has 0 atom stereocenters. The lowest BCUT2D eigenvalue weighted by atomic mass is 10.3. The van der Waals surface area contributed by atoms with Crippen LogP contribution in [0.15, 0.2) is 61.2 Å². The first-order valence-corrected chi connectivity index (χ1v) is 17.1. The van der Waals surface area contributed by atoms with Gasteiger partial charge in [0.2, 0.25) is 0 Å². The summed E-state index contributed by atoms with van der Waals surface area (Å²) in [5.74, 6) is 0. The Hall–Kier alpha value is -2.10. The van der Waals surface area contributed by atoms with Gasteiger partial charge < -0.3 is 58.2 Å². The summed E-state index contributed by atoms with van der Waals surface area (Å²) in [7, 11) is -21.9. The number of pyridine rings is 2. The van der Waals surface area contributed by atoms with Gasteiger partial charge in [0.05, 0.1) is 0 Å². The normalized spacial score (nSPS) is 13.8. The fourth-order valence-electron chi connectivity index (χ4n) is 3.47. The van der Waals surface area contributed by atoms with Crippen molar-refractivity contribution in [3.05, 3.63) is 72.6 Å². The van der Waals surface area contributed by atoms with Gasteiger partial charge in [-0.15, -0.1) is 0 Å². The average Bonchev–Trinajstić information content (AvgIpc) is 3.41. The minimum atomic E-state index is -5.48. The van der Waals surface area contributed by atoms with Crippen LogP contribution in [-0.4, -0.2) is 78.3 Å². The van der Waals surface area contributed by atoms with Gasteiger partial charge in [-0.3, -0.25) is 18.3 Å². The van der Waals surface area contributed by atoms with Gasteiger partial charge in [-0.1, -0.05) is 12.1 Å². The molecule has 0 aromatic carbocycles. The standard InChI is InChI=1S/2C9H12N2O7P2/c2*12-9(19(13,14)15,20(16,17)18)5-7-6-10-8-3-1-2-4-11(7)8/h2*1-4,6,12H,5H2,(H2,13,14,15)(H2,16,17,18). The molecule has 22 heteroatoms. The molecule has 4 rings (SSSR count). The minimum absolute atomic E-state index is 0.0646. The van der Waals surface area contributed by atoms with Crippen molar-refractivity contribution in [2.24, 2.45) is 0 Å². The van der Waals surface area contributed by atoms with Crippen LogP contribution < -0.4 is 0 Å². The first-order chi connectivity index (χ1) is 18.1. The molecule has 10 N–H and O–H groups in total. The summed E-state index contributed by atoms with van der Waals surface area (Å²) in [6.45, 7) is 0. The second kappa shape index (κ2) is 11.0. The fourth-order valence-corrected chi connectivity index (χ4v) is 7.66. The van der Waals surface area contributed by atoms with Crippen LogP contribution in [0, 0.1) is 0 Å². The summed E-state index contributed by atoms with van der Waals surface area (Å²) in [5.41, 5.74) is 0.965. The Labute approximate surface area is 223 Å². The minimum Gasteiger partial charge on any atom is -0.367 e. The summed E-state index contributed by atoms with van der Waals surface area (Å²) in [6.07, 6.45) is 3.49. The Morgan fingerprint density at radius 2 is 0.875 bits per heavy atom. The molecule has 0 radical (unpaired) electrons. The Kier molecular flexibility index (Phi) is 8.87. The quantitative estimate of drug-likeness (QED) is 0.111. The highest BCUT2D eigenvalue weighted by molar-refractivity contribution is 7.72. The number of fused-ring (bicyclic) bond motifs is 2. The third kappa shape index (κ3) is 6.21. The van der Waals surface area contributed by atoms with E-state index in [0.717, 1.165) is 0 Å². The highest BCUT2D eigenvalue weighted by atomic mass is 31.2. The van der Waals surface area contributed by atoms with Crippen LogP contribution in [0.5, 0.6) is 0 Å². The first-order valence-electron chi connectivity index (χ1n) is 10.6. The van der Waals surface area contributed by atoms with Crippen molar-refractivity contribution in [1.29, 1.82) is 0 Å². The highest BCUT2D eigenvalue weighted by Crippen LogP contribution is 2.69. The number of aliphatic hydroxyl groups is 2. The second-order valence-electron chi connectivity index (χ2n) is 8.44.